The number of aromatic nitrogens is 4. The molecule has 0 aliphatic heterocycles. The van der Waals surface area contributed by atoms with E-state index in [-0.39, 0.29) is 14.5 Å². The van der Waals surface area contributed by atoms with Gasteiger partial charge in [0.05, 0.1) is 0 Å². The molecule has 5 aromatic heterocycles. The van der Waals surface area contributed by atoms with Gasteiger partial charge in [-0.25, -0.2) is 0 Å². The predicted octanol–water partition coefficient (Wildman–Crippen LogP) is 11.4. The van der Waals surface area contributed by atoms with Gasteiger partial charge in [0.15, 0.2) is 0 Å². The van der Waals surface area contributed by atoms with Crippen LogP contribution in [0.1, 0.15) is 0 Å². The summed E-state index contributed by atoms with van der Waals surface area (Å²) in [6, 6.07) is 58.9. The van der Waals surface area contributed by atoms with Gasteiger partial charge in [0.25, 0.3) is 0 Å². The zero-order valence-corrected chi connectivity index (χ0v) is 29.1. The van der Waals surface area contributed by atoms with Gasteiger partial charge in [-0.3, -0.25) is 0 Å². The fourth-order valence-electron chi connectivity index (χ4n) is 7.83. The summed E-state index contributed by atoms with van der Waals surface area (Å²) in [5, 5.41) is 5.01. The van der Waals surface area contributed by atoms with E-state index in [1.807, 2.05) is 6.20 Å². The van der Waals surface area contributed by atoms with E-state index < -0.39 is 0 Å². The first-order valence-electron chi connectivity index (χ1n) is 17.2. The molecule has 0 saturated carbocycles. The number of pyridine rings is 2. The molecule has 5 heterocycles. The SMILES string of the molecule is c1ccc(-n2c3ccccc3c3ccc(-c4cnc5c(c4)[se]c4ccc(-c6ccc7c8ccccc8n(-c8ccccc8)c7c6)nc45)cc32)cc1. The van der Waals surface area contributed by atoms with Crippen molar-refractivity contribution in [3.8, 4) is 33.8 Å². The summed E-state index contributed by atoms with van der Waals surface area (Å²) in [7, 11) is 0. The van der Waals surface area contributed by atoms with Gasteiger partial charge in [0, 0.05) is 0 Å². The molecule has 51 heavy (non-hydrogen) atoms. The minimum atomic E-state index is 0.131. The van der Waals surface area contributed by atoms with Crippen LogP contribution >= 0.6 is 0 Å². The monoisotopic (exact) mass is 716 g/mol. The van der Waals surface area contributed by atoms with E-state index in [9.17, 15) is 0 Å². The zero-order valence-electron chi connectivity index (χ0n) is 27.4. The standard InChI is InChI=1S/C46H28N4Se/c1-3-11-32(12-4-1)49-39-17-9-7-15-34(39)36-21-19-29(25-41(36)49)31-27-44-45(47-28-31)46-43(51-44)24-23-38(48-46)30-20-22-37-35-16-8-10-18-40(35)50(42(37)26-30)33-13-5-2-6-14-33/h1-28H. The van der Waals surface area contributed by atoms with E-state index in [1.54, 1.807) is 0 Å². The maximum atomic E-state index is 5.28. The van der Waals surface area contributed by atoms with Crippen LogP contribution in [0, 0.1) is 0 Å². The third-order valence-electron chi connectivity index (χ3n) is 10.2. The van der Waals surface area contributed by atoms with Gasteiger partial charge < -0.3 is 0 Å². The van der Waals surface area contributed by atoms with Crippen molar-refractivity contribution in [2.45, 2.75) is 0 Å². The Kier molecular flexibility index (Phi) is 6.23. The van der Waals surface area contributed by atoms with Crippen LogP contribution in [0.5, 0.6) is 0 Å². The average Bonchev–Trinajstić information content (AvgIpc) is 3.85. The molecule has 11 aromatic rings. The van der Waals surface area contributed by atoms with Crippen molar-refractivity contribution in [1.29, 1.82) is 0 Å². The first-order chi connectivity index (χ1) is 25.3. The molecule has 0 aliphatic rings. The number of hydrogen-bond donors (Lipinski definition) is 0. The van der Waals surface area contributed by atoms with Crippen molar-refractivity contribution < 1.29 is 0 Å². The van der Waals surface area contributed by atoms with Gasteiger partial charge in [-0.2, -0.15) is 0 Å². The molecule has 0 radical (unpaired) electrons. The molecule has 6 aromatic carbocycles. The normalized spacial score (nSPS) is 11.9. The molecule has 0 bridgehead atoms. The van der Waals surface area contributed by atoms with Gasteiger partial charge in [0.2, 0.25) is 0 Å². The number of fused-ring (bicyclic) bond motifs is 9. The number of nitrogens with zero attached hydrogens (tertiary/aromatic N) is 4. The molecule has 0 unspecified atom stereocenters. The van der Waals surface area contributed by atoms with Crippen LogP contribution in [0.3, 0.4) is 0 Å². The Bertz CT molecular complexity index is 3130. The Morgan fingerprint density at radius 1 is 0.392 bits per heavy atom. The molecule has 4 nitrogen and oxygen atoms in total. The summed E-state index contributed by atoms with van der Waals surface area (Å²) in [6.45, 7) is 0. The molecule has 0 spiro atoms. The first kappa shape index (κ1) is 28.6. The van der Waals surface area contributed by atoms with Gasteiger partial charge in [0.1, 0.15) is 0 Å². The zero-order chi connectivity index (χ0) is 33.5. The van der Waals surface area contributed by atoms with Gasteiger partial charge in [-0.15, -0.1) is 0 Å². The molecular weight excluding hydrogens is 687 g/mol. The van der Waals surface area contributed by atoms with Crippen molar-refractivity contribution >= 4 is 77.7 Å². The van der Waals surface area contributed by atoms with Crippen LogP contribution in [-0.2, 0) is 0 Å². The molecular formula is C46H28N4Se. The predicted molar refractivity (Wildman–Crippen MR) is 214 cm³/mol. The second-order valence-electron chi connectivity index (χ2n) is 13.1. The van der Waals surface area contributed by atoms with E-state index in [0.29, 0.717) is 0 Å². The van der Waals surface area contributed by atoms with Crippen LogP contribution in [0.4, 0.5) is 0 Å². The van der Waals surface area contributed by atoms with Crippen molar-refractivity contribution in [3.05, 3.63) is 170 Å². The molecule has 0 aliphatic carbocycles. The fraction of sp³-hybridized carbons (Fsp3) is 0. The summed E-state index contributed by atoms with van der Waals surface area (Å²) in [5.41, 5.74) is 13.5. The second-order valence-corrected chi connectivity index (χ2v) is 15.3. The summed E-state index contributed by atoms with van der Waals surface area (Å²) < 4.78 is 7.30. The molecule has 0 N–H and O–H groups in total. The Balaban J connectivity index is 1.03. The molecule has 0 fully saturated rings. The Morgan fingerprint density at radius 2 is 0.941 bits per heavy atom. The van der Waals surface area contributed by atoms with E-state index in [1.165, 1.54) is 57.7 Å². The summed E-state index contributed by atoms with van der Waals surface area (Å²) in [6.07, 6.45) is 2.03. The maximum absolute atomic E-state index is 5.28. The van der Waals surface area contributed by atoms with E-state index in [2.05, 4.69) is 173 Å². The first-order valence-corrected chi connectivity index (χ1v) is 18.9. The average molecular weight is 716 g/mol. The third-order valence-corrected chi connectivity index (χ3v) is 12.4. The van der Waals surface area contributed by atoms with Crippen LogP contribution in [-0.4, -0.2) is 33.6 Å². The Hall–Kier alpha value is -6.26. The Labute approximate surface area is 299 Å². The van der Waals surface area contributed by atoms with Crippen LogP contribution in [0.15, 0.2) is 170 Å². The van der Waals surface area contributed by atoms with E-state index in [4.69, 9.17) is 9.97 Å². The van der Waals surface area contributed by atoms with Crippen LogP contribution in [0.25, 0.3) is 96.9 Å². The molecule has 0 atom stereocenters. The third kappa shape index (κ3) is 4.39. The quantitative estimate of drug-likeness (QED) is 0.170. The van der Waals surface area contributed by atoms with Gasteiger partial charge in [-0.1, -0.05) is 0 Å². The molecule has 11 rings (SSSR count). The van der Waals surface area contributed by atoms with Gasteiger partial charge >= 0.3 is 301 Å². The number of benzene rings is 6. The number of rotatable bonds is 4. The summed E-state index contributed by atoms with van der Waals surface area (Å²) in [5.74, 6) is 0. The van der Waals surface area contributed by atoms with Gasteiger partial charge in [-0.05, 0) is 0 Å². The van der Waals surface area contributed by atoms with Crippen molar-refractivity contribution in [2.24, 2.45) is 0 Å². The van der Waals surface area contributed by atoms with Crippen molar-refractivity contribution in [2.75, 3.05) is 0 Å². The number of para-hydroxylation sites is 4. The molecule has 0 amide bonds. The topological polar surface area (TPSA) is 35.6 Å². The molecule has 5 heteroatoms. The molecule has 0 saturated heterocycles. The summed E-state index contributed by atoms with van der Waals surface area (Å²) >= 11 is 0.131. The summed E-state index contributed by atoms with van der Waals surface area (Å²) in [4.78, 5) is 10.4. The molecule has 238 valence electrons. The van der Waals surface area contributed by atoms with Crippen LogP contribution < -0.4 is 0 Å². The second kappa shape index (κ2) is 11.1. The van der Waals surface area contributed by atoms with E-state index >= 15 is 0 Å². The fourth-order valence-corrected chi connectivity index (χ4v) is 10.0. The van der Waals surface area contributed by atoms with Crippen LogP contribution in [0.2, 0.25) is 0 Å². The van der Waals surface area contributed by atoms with E-state index in [0.717, 1.165) is 39.2 Å². The minimum absolute atomic E-state index is 0.131. The number of hydrogen-bond acceptors (Lipinski definition) is 2. The van der Waals surface area contributed by atoms with Crippen molar-refractivity contribution in [1.82, 2.24) is 19.1 Å². The van der Waals surface area contributed by atoms with Crippen molar-refractivity contribution in [3.63, 3.8) is 0 Å². The Morgan fingerprint density at radius 3 is 1.59 bits per heavy atom.